The third-order valence-corrected chi connectivity index (χ3v) is 3.74. The van der Waals surface area contributed by atoms with Gasteiger partial charge in [-0.1, -0.05) is 0 Å². The summed E-state index contributed by atoms with van der Waals surface area (Å²) in [6.07, 6.45) is 2.47. The van der Waals surface area contributed by atoms with Crippen LogP contribution < -0.4 is 4.74 Å². The van der Waals surface area contributed by atoms with Gasteiger partial charge in [-0.05, 0) is 18.2 Å². The Kier molecular flexibility index (Phi) is 4.20. The highest BCUT2D eigenvalue weighted by Crippen LogP contribution is 2.22. The van der Waals surface area contributed by atoms with Gasteiger partial charge in [-0.3, -0.25) is 9.36 Å². The fourth-order valence-corrected chi connectivity index (χ4v) is 2.48. The molecule has 1 amide bonds. The number of fused-ring (bicyclic) bond motifs is 1. The number of nitrogens with one attached hydrogen (secondary N) is 1. The first-order valence-electron chi connectivity index (χ1n) is 7.21. The van der Waals surface area contributed by atoms with Crippen molar-refractivity contribution in [1.82, 2.24) is 19.4 Å². The Morgan fingerprint density at radius 2 is 2.21 bits per heavy atom. The van der Waals surface area contributed by atoms with Crippen LogP contribution in [0.5, 0.6) is 5.75 Å². The summed E-state index contributed by atoms with van der Waals surface area (Å²) in [5, 5.41) is 0.863. The first kappa shape index (κ1) is 16.0. The lowest BCUT2D eigenvalue weighted by Gasteiger charge is -2.16. The van der Waals surface area contributed by atoms with Gasteiger partial charge in [0, 0.05) is 36.4 Å². The minimum absolute atomic E-state index is 0.0190. The van der Waals surface area contributed by atoms with Crippen LogP contribution in [-0.4, -0.2) is 39.5 Å². The highest BCUT2D eigenvalue weighted by molar-refractivity contribution is 5.98. The summed E-state index contributed by atoms with van der Waals surface area (Å²) in [5.41, 5.74) is 1.14. The molecule has 1 N–H and O–H groups in total. The maximum Gasteiger partial charge on any atom is 0.319 e. The third kappa shape index (κ3) is 2.94. The van der Waals surface area contributed by atoms with Crippen LogP contribution in [0.25, 0.3) is 10.9 Å². The summed E-state index contributed by atoms with van der Waals surface area (Å²) in [6, 6.07) is 7.14. The van der Waals surface area contributed by atoms with E-state index in [1.807, 2.05) is 6.07 Å². The number of carbonyl (C=O) groups excluding carboxylic acids is 1. The number of hydrogen-bond acceptors (Lipinski definition) is 3. The predicted octanol–water partition coefficient (Wildman–Crippen LogP) is 3.04. The standard InChI is InChI=1S/C16H16F2N4O2/c1-21(9-14-19-5-6-22(14)16(17)18)15(23)13-7-10-3-4-11(24-2)8-12(10)20-13/h3-8,16,20H,9H2,1-2H3. The lowest BCUT2D eigenvalue weighted by Crippen LogP contribution is -2.28. The molecule has 2 aromatic heterocycles. The SMILES string of the molecule is COc1ccc2cc(C(=O)N(C)Cc3nccn3C(F)F)[nH]c2c1. The molecular weight excluding hydrogens is 318 g/mol. The molecule has 0 bridgehead atoms. The van der Waals surface area contributed by atoms with Gasteiger partial charge in [-0.2, -0.15) is 8.78 Å². The van der Waals surface area contributed by atoms with Crippen LogP contribution in [0.3, 0.4) is 0 Å². The molecule has 0 radical (unpaired) electrons. The molecule has 0 aliphatic carbocycles. The van der Waals surface area contributed by atoms with Crippen molar-refractivity contribution in [2.75, 3.05) is 14.2 Å². The number of hydrogen-bond donors (Lipinski definition) is 1. The van der Waals surface area contributed by atoms with E-state index in [1.54, 1.807) is 32.4 Å². The second-order valence-electron chi connectivity index (χ2n) is 5.33. The van der Waals surface area contributed by atoms with Crippen LogP contribution in [-0.2, 0) is 6.54 Å². The molecule has 6 nitrogen and oxygen atoms in total. The van der Waals surface area contributed by atoms with Crippen molar-refractivity contribution in [3.63, 3.8) is 0 Å². The molecular formula is C16H16F2N4O2. The van der Waals surface area contributed by atoms with E-state index in [2.05, 4.69) is 9.97 Å². The van der Waals surface area contributed by atoms with Crippen molar-refractivity contribution in [2.45, 2.75) is 13.1 Å². The van der Waals surface area contributed by atoms with Crippen LogP contribution in [0.15, 0.2) is 36.7 Å². The van der Waals surface area contributed by atoms with E-state index in [0.717, 1.165) is 15.5 Å². The van der Waals surface area contributed by atoms with Gasteiger partial charge in [0.15, 0.2) is 0 Å². The van der Waals surface area contributed by atoms with E-state index in [9.17, 15) is 13.6 Å². The number of ether oxygens (including phenoxy) is 1. The Bertz CT molecular complexity index is 872. The number of amides is 1. The van der Waals surface area contributed by atoms with Crippen molar-refractivity contribution < 1.29 is 18.3 Å². The van der Waals surface area contributed by atoms with Crippen molar-refractivity contribution >= 4 is 16.8 Å². The van der Waals surface area contributed by atoms with Crippen LogP contribution >= 0.6 is 0 Å². The average molecular weight is 334 g/mol. The lowest BCUT2D eigenvalue weighted by molar-refractivity contribution is 0.0611. The summed E-state index contributed by atoms with van der Waals surface area (Å²) < 4.78 is 31.6. The molecule has 2 heterocycles. The molecule has 0 fully saturated rings. The van der Waals surface area contributed by atoms with Crippen molar-refractivity contribution in [1.29, 1.82) is 0 Å². The minimum atomic E-state index is -2.69. The fraction of sp³-hybridized carbons (Fsp3) is 0.250. The lowest BCUT2D eigenvalue weighted by atomic mass is 10.2. The molecule has 0 spiro atoms. The number of aromatic nitrogens is 3. The average Bonchev–Trinajstić information content (AvgIpc) is 3.19. The monoisotopic (exact) mass is 334 g/mol. The van der Waals surface area contributed by atoms with Gasteiger partial charge in [0.25, 0.3) is 5.91 Å². The predicted molar refractivity (Wildman–Crippen MR) is 84.1 cm³/mol. The van der Waals surface area contributed by atoms with Crippen LogP contribution in [0.4, 0.5) is 8.78 Å². The molecule has 0 aliphatic heterocycles. The first-order valence-corrected chi connectivity index (χ1v) is 7.21. The van der Waals surface area contributed by atoms with Gasteiger partial charge in [0.2, 0.25) is 0 Å². The first-order chi connectivity index (χ1) is 11.5. The van der Waals surface area contributed by atoms with E-state index in [1.165, 1.54) is 17.3 Å². The van der Waals surface area contributed by atoms with Gasteiger partial charge in [0.1, 0.15) is 17.3 Å². The molecule has 0 saturated heterocycles. The van der Waals surface area contributed by atoms with Gasteiger partial charge in [-0.25, -0.2) is 4.98 Å². The zero-order valence-electron chi connectivity index (χ0n) is 13.2. The summed E-state index contributed by atoms with van der Waals surface area (Å²) in [6.45, 7) is -2.71. The topological polar surface area (TPSA) is 63.1 Å². The van der Waals surface area contributed by atoms with Gasteiger partial charge in [-0.15, -0.1) is 0 Å². The van der Waals surface area contributed by atoms with E-state index >= 15 is 0 Å². The number of nitrogens with zero attached hydrogens (tertiary/aromatic N) is 3. The second-order valence-corrected chi connectivity index (χ2v) is 5.33. The van der Waals surface area contributed by atoms with Crippen molar-refractivity contribution in [3.05, 3.63) is 48.2 Å². The van der Waals surface area contributed by atoms with Crippen LogP contribution in [0.1, 0.15) is 22.9 Å². The number of halogens is 2. The van der Waals surface area contributed by atoms with Gasteiger partial charge >= 0.3 is 6.55 Å². The number of aromatic amines is 1. The van der Waals surface area contributed by atoms with Crippen LogP contribution in [0.2, 0.25) is 0 Å². The molecule has 0 unspecified atom stereocenters. The van der Waals surface area contributed by atoms with Crippen molar-refractivity contribution in [2.24, 2.45) is 0 Å². The van der Waals surface area contributed by atoms with Crippen LogP contribution in [0, 0.1) is 0 Å². The quantitative estimate of drug-likeness (QED) is 0.780. The number of benzene rings is 1. The summed E-state index contributed by atoms with van der Waals surface area (Å²) in [5.74, 6) is 0.489. The largest absolute Gasteiger partial charge is 0.497 e. The Morgan fingerprint density at radius 1 is 1.42 bits per heavy atom. The fourth-order valence-electron chi connectivity index (χ4n) is 2.48. The van der Waals surface area contributed by atoms with Gasteiger partial charge < -0.3 is 14.6 Å². The summed E-state index contributed by atoms with van der Waals surface area (Å²) in [4.78, 5) is 20.8. The highest BCUT2D eigenvalue weighted by Gasteiger charge is 2.19. The third-order valence-electron chi connectivity index (χ3n) is 3.74. The van der Waals surface area contributed by atoms with Crippen molar-refractivity contribution in [3.8, 4) is 5.75 Å². The Balaban J connectivity index is 1.81. The van der Waals surface area contributed by atoms with E-state index in [0.29, 0.717) is 11.4 Å². The normalized spacial score (nSPS) is 11.2. The second kappa shape index (κ2) is 6.31. The number of H-pyrrole nitrogens is 1. The smallest absolute Gasteiger partial charge is 0.319 e. The minimum Gasteiger partial charge on any atom is -0.497 e. The Hall–Kier alpha value is -2.90. The summed E-state index contributed by atoms with van der Waals surface area (Å²) in [7, 11) is 3.11. The molecule has 8 heteroatoms. The molecule has 3 rings (SSSR count). The highest BCUT2D eigenvalue weighted by atomic mass is 19.3. The zero-order valence-corrected chi connectivity index (χ0v) is 13.2. The molecule has 126 valence electrons. The number of rotatable bonds is 5. The maximum absolute atomic E-state index is 12.8. The summed E-state index contributed by atoms with van der Waals surface area (Å²) >= 11 is 0. The molecule has 0 aliphatic rings. The Morgan fingerprint density at radius 3 is 2.92 bits per heavy atom. The number of imidazole rings is 1. The number of methoxy groups -OCH3 is 1. The van der Waals surface area contributed by atoms with E-state index in [-0.39, 0.29) is 18.3 Å². The molecule has 24 heavy (non-hydrogen) atoms. The molecule has 1 aromatic carbocycles. The zero-order chi connectivity index (χ0) is 17.3. The van der Waals surface area contributed by atoms with E-state index in [4.69, 9.17) is 4.74 Å². The Labute approximate surface area is 136 Å². The van der Waals surface area contributed by atoms with E-state index < -0.39 is 6.55 Å². The molecule has 0 atom stereocenters. The number of carbonyl (C=O) groups is 1. The van der Waals surface area contributed by atoms with Gasteiger partial charge in [0.05, 0.1) is 13.7 Å². The molecule has 3 aromatic rings. The maximum atomic E-state index is 12.8. The number of alkyl halides is 2. The molecule has 0 saturated carbocycles.